The van der Waals surface area contributed by atoms with Crippen LogP contribution in [0.3, 0.4) is 0 Å². The molecule has 0 fully saturated rings. The Morgan fingerprint density at radius 1 is 1.16 bits per heavy atom. The number of alkyl halides is 1. The van der Waals surface area contributed by atoms with E-state index < -0.39 is 18.5 Å². The molecule has 0 spiro atoms. The lowest BCUT2D eigenvalue weighted by atomic mass is 9.94. The van der Waals surface area contributed by atoms with Gasteiger partial charge in [0.2, 0.25) is 6.86 Å². The van der Waals surface area contributed by atoms with Crippen molar-refractivity contribution >= 4 is 10.8 Å². The number of aromatic hydroxyl groups is 1. The minimum atomic E-state index is -1.21. The van der Waals surface area contributed by atoms with Crippen LogP contribution in [-0.4, -0.2) is 12.0 Å². The van der Waals surface area contributed by atoms with Crippen LogP contribution in [-0.2, 0) is 0 Å². The quantitative estimate of drug-likeness (QED) is 0.903. The molecular formula is C14H13F3O2. The lowest BCUT2D eigenvalue weighted by Gasteiger charge is -2.15. The number of ether oxygens (including phenoxy) is 1. The van der Waals surface area contributed by atoms with Crippen molar-refractivity contribution < 1.29 is 23.0 Å². The molecule has 0 heterocycles. The van der Waals surface area contributed by atoms with E-state index in [9.17, 15) is 18.3 Å². The van der Waals surface area contributed by atoms with Crippen LogP contribution in [0.2, 0.25) is 0 Å². The summed E-state index contributed by atoms with van der Waals surface area (Å²) in [6.45, 7) is 2.39. The third-order valence-electron chi connectivity index (χ3n) is 2.93. The third kappa shape index (κ3) is 2.32. The average molecular weight is 270 g/mol. The van der Waals surface area contributed by atoms with Crippen molar-refractivity contribution in [2.45, 2.75) is 19.8 Å². The summed E-state index contributed by atoms with van der Waals surface area (Å²) in [5.41, 5.74) is 0.497. The maximum Gasteiger partial charge on any atom is 0.228 e. The average Bonchev–Trinajstić information content (AvgIpc) is 2.33. The van der Waals surface area contributed by atoms with Crippen LogP contribution in [0, 0.1) is 11.6 Å². The summed E-state index contributed by atoms with van der Waals surface area (Å²) in [6, 6.07) is 3.19. The Labute approximate surface area is 108 Å². The van der Waals surface area contributed by atoms with Gasteiger partial charge in [0.25, 0.3) is 0 Å². The molecule has 19 heavy (non-hydrogen) atoms. The molecule has 2 nitrogen and oxygen atoms in total. The van der Waals surface area contributed by atoms with E-state index in [1.165, 1.54) is 12.1 Å². The second kappa shape index (κ2) is 4.99. The van der Waals surface area contributed by atoms with Gasteiger partial charge in [-0.3, -0.25) is 0 Å². The largest absolute Gasteiger partial charge is 0.508 e. The van der Waals surface area contributed by atoms with Gasteiger partial charge in [-0.05, 0) is 23.6 Å². The molecule has 2 rings (SSSR count). The van der Waals surface area contributed by atoms with Crippen LogP contribution in [0.25, 0.3) is 10.8 Å². The molecule has 5 heteroatoms. The first-order valence-electron chi connectivity index (χ1n) is 5.79. The van der Waals surface area contributed by atoms with E-state index in [1.54, 1.807) is 13.8 Å². The Morgan fingerprint density at radius 2 is 1.84 bits per heavy atom. The Balaban J connectivity index is 2.93. The summed E-state index contributed by atoms with van der Waals surface area (Å²) >= 11 is 0. The molecule has 0 aromatic heterocycles. The van der Waals surface area contributed by atoms with Crippen LogP contribution < -0.4 is 4.74 Å². The SMILES string of the molecule is CC(C)c1cc(O)cc2c(F)cc(F)c(OCF)c12. The number of benzene rings is 2. The molecule has 0 aliphatic carbocycles. The lowest BCUT2D eigenvalue weighted by Crippen LogP contribution is -2.00. The molecule has 0 aliphatic rings. The zero-order valence-electron chi connectivity index (χ0n) is 10.5. The first kappa shape index (κ1) is 13.5. The standard InChI is InChI=1S/C14H13F3O2/c1-7(2)9-3-8(18)4-10-11(16)5-12(17)14(13(9)10)19-6-15/h3-5,7,18H,6H2,1-2H3. The van der Waals surface area contributed by atoms with E-state index in [2.05, 4.69) is 4.74 Å². The Bertz CT molecular complexity index is 624. The van der Waals surface area contributed by atoms with E-state index in [-0.39, 0.29) is 28.2 Å². The maximum absolute atomic E-state index is 13.8. The van der Waals surface area contributed by atoms with Crippen LogP contribution in [0.15, 0.2) is 18.2 Å². The lowest BCUT2D eigenvalue weighted by molar-refractivity contribution is 0.186. The van der Waals surface area contributed by atoms with Gasteiger partial charge in [0.05, 0.1) is 0 Å². The van der Waals surface area contributed by atoms with E-state index in [0.717, 1.165) is 0 Å². The molecule has 0 amide bonds. The summed E-state index contributed by atoms with van der Waals surface area (Å²) in [7, 11) is 0. The van der Waals surface area contributed by atoms with E-state index in [1.807, 2.05) is 0 Å². The van der Waals surface area contributed by atoms with Gasteiger partial charge in [-0.15, -0.1) is 0 Å². The van der Waals surface area contributed by atoms with Crippen molar-refractivity contribution in [1.82, 2.24) is 0 Å². The van der Waals surface area contributed by atoms with Crippen LogP contribution in [0.1, 0.15) is 25.3 Å². The van der Waals surface area contributed by atoms with Crippen molar-refractivity contribution in [1.29, 1.82) is 0 Å². The number of phenolic OH excluding ortho intramolecular Hbond substituents is 1. The molecule has 0 unspecified atom stereocenters. The number of hydrogen-bond acceptors (Lipinski definition) is 2. The van der Waals surface area contributed by atoms with Crippen LogP contribution >= 0.6 is 0 Å². The van der Waals surface area contributed by atoms with Crippen LogP contribution in [0.4, 0.5) is 13.2 Å². The second-order valence-electron chi connectivity index (χ2n) is 4.54. The first-order valence-corrected chi connectivity index (χ1v) is 5.79. The highest BCUT2D eigenvalue weighted by molar-refractivity contribution is 5.93. The molecule has 1 N–H and O–H groups in total. The van der Waals surface area contributed by atoms with Crippen molar-refractivity contribution in [3.63, 3.8) is 0 Å². The summed E-state index contributed by atoms with van der Waals surface area (Å²) in [5, 5.41) is 9.76. The molecule has 0 aliphatic heterocycles. The minimum Gasteiger partial charge on any atom is -0.508 e. The first-order chi connectivity index (χ1) is 8.95. The van der Waals surface area contributed by atoms with Gasteiger partial charge in [0.1, 0.15) is 11.6 Å². The van der Waals surface area contributed by atoms with Gasteiger partial charge >= 0.3 is 0 Å². The second-order valence-corrected chi connectivity index (χ2v) is 4.54. The number of hydrogen-bond donors (Lipinski definition) is 1. The monoisotopic (exact) mass is 270 g/mol. The minimum absolute atomic E-state index is 0.00792. The third-order valence-corrected chi connectivity index (χ3v) is 2.93. The smallest absolute Gasteiger partial charge is 0.228 e. The van der Waals surface area contributed by atoms with Gasteiger partial charge in [0, 0.05) is 16.8 Å². The molecule has 0 atom stereocenters. The number of halogens is 3. The Morgan fingerprint density at radius 3 is 2.42 bits per heavy atom. The molecule has 2 aromatic carbocycles. The predicted octanol–water partition coefficient (Wildman–Crippen LogP) is 4.25. The summed E-state index contributed by atoms with van der Waals surface area (Å²) in [5.74, 6) is -2.36. The van der Waals surface area contributed by atoms with Crippen molar-refractivity contribution in [2.75, 3.05) is 6.86 Å². The molecule has 0 saturated carbocycles. The number of phenols is 1. The maximum atomic E-state index is 13.8. The topological polar surface area (TPSA) is 29.5 Å². The number of rotatable bonds is 3. The molecule has 2 aromatic rings. The van der Waals surface area contributed by atoms with Crippen LogP contribution in [0.5, 0.6) is 11.5 Å². The highest BCUT2D eigenvalue weighted by atomic mass is 19.1. The van der Waals surface area contributed by atoms with Gasteiger partial charge < -0.3 is 9.84 Å². The molecule has 0 bridgehead atoms. The highest BCUT2D eigenvalue weighted by Gasteiger charge is 2.19. The fourth-order valence-corrected chi connectivity index (χ4v) is 2.12. The normalized spacial score (nSPS) is 11.3. The van der Waals surface area contributed by atoms with Crippen molar-refractivity contribution in [2.24, 2.45) is 0 Å². The molecular weight excluding hydrogens is 257 g/mol. The summed E-state index contributed by atoms with van der Waals surface area (Å²) < 4.78 is 44.5. The van der Waals surface area contributed by atoms with Crippen molar-refractivity contribution in [3.05, 3.63) is 35.4 Å². The summed E-state index contributed by atoms with van der Waals surface area (Å²) in [4.78, 5) is 0. The van der Waals surface area contributed by atoms with E-state index in [0.29, 0.717) is 11.6 Å². The Kier molecular flexibility index (Phi) is 3.55. The van der Waals surface area contributed by atoms with Crippen molar-refractivity contribution in [3.8, 4) is 11.5 Å². The number of fused-ring (bicyclic) bond motifs is 1. The predicted molar refractivity (Wildman–Crippen MR) is 66.2 cm³/mol. The Hall–Kier alpha value is -1.91. The van der Waals surface area contributed by atoms with Gasteiger partial charge in [0.15, 0.2) is 11.6 Å². The van der Waals surface area contributed by atoms with Gasteiger partial charge in [-0.25, -0.2) is 13.2 Å². The van der Waals surface area contributed by atoms with Gasteiger partial charge in [-0.1, -0.05) is 13.8 Å². The highest BCUT2D eigenvalue weighted by Crippen LogP contribution is 2.39. The summed E-state index contributed by atoms with van der Waals surface area (Å²) in [6.07, 6.45) is 0. The molecule has 102 valence electrons. The van der Waals surface area contributed by atoms with E-state index in [4.69, 9.17) is 0 Å². The zero-order chi connectivity index (χ0) is 14.2. The zero-order valence-corrected chi connectivity index (χ0v) is 10.5. The fourth-order valence-electron chi connectivity index (χ4n) is 2.12. The fraction of sp³-hybridized carbons (Fsp3) is 0.286. The van der Waals surface area contributed by atoms with Gasteiger partial charge in [-0.2, -0.15) is 0 Å². The van der Waals surface area contributed by atoms with E-state index >= 15 is 0 Å². The molecule has 0 saturated heterocycles. The molecule has 0 radical (unpaired) electrons.